The summed E-state index contributed by atoms with van der Waals surface area (Å²) in [4.78, 5) is 0. The van der Waals surface area contributed by atoms with Crippen LogP contribution in [-0.4, -0.2) is 16.8 Å². The summed E-state index contributed by atoms with van der Waals surface area (Å²) in [5.41, 5.74) is 0. The number of aliphatic hydroxyl groups is 2. The fraction of sp³-hybridized carbons (Fsp3) is 0.429. The second kappa shape index (κ2) is 3.39. The number of hydrogen-bond acceptors (Lipinski definition) is 3. The molecule has 3 heteroatoms. The first kappa shape index (κ1) is 7.31. The number of aliphatic hydroxyl groups excluding tert-OH is 2. The van der Waals surface area contributed by atoms with Crippen LogP contribution in [0, 0.1) is 0 Å². The largest absolute Gasteiger partial charge is 0.467 e. The second-order valence-electron chi connectivity index (χ2n) is 2.04. The van der Waals surface area contributed by atoms with E-state index in [-0.39, 0.29) is 6.61 Å². The molecule has 0 spiro atoms. The molecule has 0 amide bonds. The summed E-state index contributed by atoms with van der Waals surface area (Å²) in [5, 5.41) is 17.6. The molecule has 1 rings (SSSR count). The number of hydrogen-bond donors (Lipinski definition) is 2. The van der Waals surface area contributed by atoms with E-state index in [0.29, 0.717) is 12.2 Å². The molecule has 1 aromatic heterocycles. The summed E-state index contributed by atoms with van der Waals surface area (Å²) in [6.07, 6.45) is 1.16. The molecule has 2 N–H and O–H groups in total. The molecule has 0 aliphatic rings. The Morgan fingerprint density at radius 2 is 2.40 bits per heavy atom. The van der Waals surface area contributed by atoms with Crippen LogP contribution in [0.1, 0.15) is 18.3 Å². The van der Waals surface area contributed by atoms with Gasteiger partial charge in [0.2, 0.25) is 0 Å². The van der Waals surface area contributed by atoms with Gasteiger partial charge in [-0.3, -0.25) is 0 Å². The van der Waals surface area contributed by atoms with Crippen LogP contribution in [0.2, 0.25) is 0 Å². The summed E-state index contributed by atoms with van der Waals surface area (Å²) in [6, 6.07) is 3.39. The Morgan fingerprint density at radius 1 is 1.60 bits per heavy atom. The van der Waals surface area contributed by atoms with Crippen LogP contribution < -0.4 is 0 Å². The van der Waals surface area contributed by atoms with Crippen molar-refractivity contribution in [3.63, 3.8) is 0 Å². The molecule has 0 saturated carbocycles. The second-order valence-corrected chi connectivity index (χ2v) is 2.04. The average Bonchev–Trinajstić information content (AvgIpc) is 2.38. The molecule has 0 aliphatic heterocycles. The minimum absolute atomic E-state index is 0.0259. The van der Waals surface area contributed by atoms with Crippen LogP contribution in [-0.2, 0) is 0 Å². The summed E-state index contributed by atoms with van der Waals surface area (Å²) in [5.74, 6) is 0.508. The molecule has 0 saturated heterocycles. The molecular formula is C7H10O3. The van der Waals surface area contributed by atoms with Crippen molar-refractivity contribution >= 4 is 0 Å². The van der Waals surface area contributed by atoms with Gasteiger partial charge >= 0.3 is 0 Å². The van der Waals surface area contributed by atoms with Crippen LogP contribution in [0.3, 0.4) is 0 Å². The summed E-state index contributed by atoms with van der Waals surface area (Å²) < 4.78 is 4.89. The lowest BCUT2D eigenvalue weighted by Crippen LogP contribution is -1.97. The minimum atomic E-state index is -0.667. The Balaban J connectivity index is 2.50. The van der Waals surface area contributed by atoms with Crippen LogP contribution in [0.5, 0.6) is 0 Å². The minimum Gasteiger partial charge on any atom is -0.467 e. The third kappa shape index (κ3) is 1.59. The SMILES string of the molecule is OCCC(O)c1ccco1. The molecule has 1 unspecified atom stereocenters. The van der Waals surface area contributed by atoms with Crippen LogP contribution in [0.25, 0.3) is 0 Å². The molecule has 56 valence electrons. The van der Waals surface area contributed by atoms with Crippen molar-refractivity contribution in [1.29, 1.82) is 0 Å². The zero-order valence-corrected chi connectivity index (χ0v) is 5.53. The summed E-state index contributed by atoms with van der Waals surface area (Å²) in [7, 11) is 0. The lowest BCUT2D eigenvalue weighted by Gasteiger charge is -2.02. The maximum atomic E-state index is 9.16. The van der Waals surface area contributed by atoms with Gasteiger partial charge in [0.05, 0.1) is 6.26 Å². The molecule has 1 heterocycles. The van der Waals surface area contributed by atoms with Gasteiger partial charge in [0.25, 0.3) is 0 Å². The van der Waals surface area contributed by atoms with Crippen LogP contribution >= 0.6 is 0 Å². The van der Waals surface area contributed by atoms with Gasteiger partial charge in [-0.2, -0.15) is 0 Å². The van der Waals surface area contributed by atoms with Crippen molar-refractivity contribution in [3.05, 3.63) is 24.2 Å². The van der Waals surface area contributed by atoms with Gasteiger partial charge in [-0.25, -0.2) is 0 Å². The first-order valence-corrected chi connectivity index (χ1v) is 3.17. The third-order valence-electron chi connectivity index (χ3n) is 1.27. The standard InChI is InChI=1S/C7H10O3/c8-4-3-6(9)7-2-1-5-10-7/h1-2,5-6,8-9H,3-4H2. The Hall–Kier alpha value is -0.800. The molecule has 0 aromatic carbocycles. The molecule has 1 aromatic rings. The highest BCUT2D eigenvalue weighted by Gasteiger charge is 2.07. The maximum absolute atomic E-state index is 9.16. The van der Waals surface area contributed by atoms with Crippen LogP contribution in [0.4, 0.5) is 0 Å². The van der Waals surface area contributed by atoms with E-state index in [1.807, 2.05) is 0 Å². The molecular weight excluding hydrogens is 132 g/mol. The van der Waals surface area contributed by atoms with E-state index < -0.39 is 6.10 Å². The van der Waals surface area contributed by atoms with Gasteiger partial charge in [0, 0.05) is 13.0 Å². The van der Waals surface area contributed by atoms with E-state index >= 15 is 0 Å². The average molecular weight is 142 g/mol. The van der Waals surface area contributed by atoms with E-state index in [0.717, 1.165) is 0 Å². The monoisotopic (exact) mass is 142 g/mol. The van der Waals surface area contributed by atoms with E-state index in [1.165, 1.54) is 6.26 Å². The normalized spacial score (nSPS) is 13.4. The topological polar surface area (TPSA) is 53.6 Å². The van der Waals surface area contributed by atoms with Gasteiger partial charge < -0.3 is 14.6 Å². The van der Waals surface area contributed by atoms with Crippen molar-refractivity contribution in [3.8, 4) is 0 Å². The predicted octanol–water partition coefficient (Wildman–Crippen LogP) is 0.695. The van der Waals surface area contributed by atoms with Crippen molar-refractivity contribution in [2.45, 2.75) is 12.5 Å². The molecule has 0 fully saturated rings. The van der Waals surface area contributed by atoms with Gasteiger partial charge in [-0.05, 0) is 12.1 Å². The Kier molecular flexibility index (Phi) is 2.48. The van der Waals surface area contributed by atoms with Crippen molar-refractivity contribution in [1.82, 2.24) is 0 Å². The number of rotatable bonds is 3. The Labute approximate surface area is 58.9 Å². The third-order valence-corrected chi connectivity index (χ3v) is 1.27. The van der Waals surface area contributed by atoms with Crippen molar-refractivity contribution in [2.75, 3.05) is 6.61 Å². The first-order chi connectivity index (χ1) is 4.84. The zero-order chi connectivity index (χ0) is 7.40. The lowest BCUT2D eigenvalue weighted by atomic mass is 10.2. The maximum Gasteiger partial charge on any atom is 0.132 e. The number of furan rings is 1. The lowest BCUT2D eigenvalue weighted by molar-refractivity contribution is 0.113. The molecule has 1 atom stereocenters. The van der Waals surface area contributed by atoms with Crippen molar-refractivity contribution in [2.24, 2.45) is 0 Å². The molecule has 0 radical (unpaired) electrons. The fourth-order valence-corrected chi connectivity index (χ4v) is 0.745. The highest BCUT2D eigenvalue weighted by molar-refractivity contribution is 5.01. The molecule has 3 nitrogen and oxygen atoms in total. The summed E-state index contributed by atoms with van der Waals surface area (Å²) in [6.45, 7) is -0.0259. The van der Waals surface area contributed by atoms with E-state index in [1.54, 1.807) is 12.1 Å². The molecule has 10 heavy (non-hydrogen) atoms. The Bertz CT molecular complexity index is 169. The van der Waals surface area contributed by atoms with Crippen molar-refractivity contribution < 1.29 is 14.6 Å². The van der Waals surface area contributed by atoms with Gasteiger partial charge in [0.15, 0.2) is 0 Å². The van der Waals surface area contributed by atoms with E-state index in [2.05, 4.69) is 0 Å². The highest BCUT2D eigenvalue weighted by atomic mass is 16.4. The predicted molar refractivity (Wildman–Crippen MR) is 35.4 cm³/mol. The highest BCUT2D eigenvalue weighted by Crippen LogP contribution is 2.15. The molecule has 0 aliphatic carbocycles. The Morgan fingerprint density at radius 3 is 2.90 bits per heavy atom. The van der Waals surface area contributed by atoms with Crippen LogP contribution in [0.15, 0.2) is 22.8 Å². The zero-order valence-electron chi connectivity index (χ0n) is 5.53. The van der Waals surface area contributed by atoms with Gasteiger partial charge in [-0.1, -0.05) is 0 Å². The molecule has 0 bridgehead atoms. The smallest absolute Gasteiger partial charge is 0.132 e. The van der Waals surface area contributed by atoms with E-state index in [9.17, 15) is 0 Å². The van der Waals surface area contributed by atoms with Gasteiger partial charge in [-0.15, -0.1) is 0 Å². The first-order valence-electron chi connectivity index (χ1n) is 3.17. The summed E-state index contributed by atoms with van der Waals surface area (Å²) >= 11 is 0. The quantitative estimate of drug-likeness (QED) is 0.653. The van der Waals surface area contributed by atoms with Gasteiger partial charge in [0.1, 0.15) is 11.9 Å². The van der Waals surface area contributed by atoms with E-state index in [4.69, 9.17) is 14.6 Å². The fourth-order valence-electron chi connectivity index (χ4n) is 0.745.